The molecule has 0 bridgehead atoms. The number of carbonyl (C=O) groups excluding carboxylic acids is 3. The van der Waals surface area contributed by atoms with E-state index in [-0.39, 0.29) is 5.69 Å². The number of ether oxygens (including phenoxy) is 1. The van der Waals surface area contributed by atoms with E-state index >= 15 is 0 Å². The number of aromatic nitrogens is 2. The molecule has 28 heavy (non-hydrogen) atoms. The third-order valence-corrected chi connectivity index (χ3v) is 4.71. The van der Waals surface area contributed by atoms with Crippen LogP contribution in [0.4, 0.5) is 4.79 Å². The third-order valence-electron chi connectivity index (χ3n) is 4.71. The summed E-state index contributed by atoms with van der Waals surface area (Å²) in [6, 6.07) is 11.5. The molecular formula is C19H17N5O4. The average Bonchev–Trinajstić information content (AvgIpc) is 3.23. The Kier molecular flexibility index (Phi) is 3.99. The Morgan fingerprint density at radius 1 is 1.21 bits per heavy atom. The van der Waals surface area contributed by atoms with Crippen molar-refractivity contribution in [2.75, 3.05) is 7.11 Å². The molecule has 1 fully saturated rings. The minimum absolute atomic E-state index is 0.173. The Morgan fingerprint density at radius 3 is 2.68 bits per heavy atom. The van der Waals surface area contributed by atoms with Crippen LogP contribution < -0.4 is 15.5 Å². The van der Waals surface area contributed by atoms with Gasteiger partial charge in [0, 0.05) is 12.3 Å². The average molecular weight is 379 g/mol. The standard InChI is InChI=1S/C19H17N5O4/c1-19(12-6-4-3-5-7-12)17(26)24(18(27)21-19)22-16(25)14-11-20-15-10-13(28-2)8-9-23(14)15/h3-11H,1-2H3,(H,21,27)(H,22,25). The predicted molar refractivity (Wildman–Crippen MR) is 98.4 cm³/mol. The van der Waals surface area contributed by atoms with Crippen LogP contribution in [0.5, 0.6) is 5.75 Å². The van der Waals surface area contributed by atoms with Crippen LogP contribution >= 0.6 is 0 Å². The van der Waals surface area contributed by atoms with E-state index in [0.717, 1.165) is 0 Å². The van der Waals surface area contributed by atoms with Gasteiger partial charge in [0.25, 0.3) is 11.8 Å². The fraction of sp³-hybridized carbons (Fsp3) is 0.158. The fourth-order valence-corrected chi connectivity index (χ4v) is 3.12. The molecule has 2 N–H and O–H groups in total. The SMILES string of the molecule is COc1ccn2c(C(=O)NN3C(=O)NC(C)(c4ccccc4)C3=O)cnc2c1. The van der Waals surface area contributed by atoms with Crippen LogP contribution in [0.25, 0.3) is 5.65 Å². The predicted octanol–water partition coefficient (Wildman–Crippen LogP) is 1.45. The summed E-state index contributed by atoms with van der Waals surface area (Å²) in [6.07, 6.45) is 2.98. The largest absolute Gasteiger partial charge is 0.497 e. The maximum Gasteiger partial charge on any atom is 0.344 e. The molecule has 4 amide bonds. The van der Waals surface area contributed by atoms with Gasteiger partial charge in [-0.25, -0.2) is 9.78 Å². The lowest BCUT2D eigenvalue weighted by Gasteiger charge is -2.22. The zero-order chi connectivity index (χ0) is 19.9. The van der Waals surface area contributed by atoms with Crippen molar-refractivity contribution < 1.29 is 19.1 Å². The number of hydrazine groups is 1. The highest BCUT2D eigenvalue weighted by molar-refractivity contribution is 6.09. The number of benzene rings is 1. The molecule has 1 aliphatic rings. The van der Waals surface area contributed by atoms with Gasteiger partial charge in [-0.3, -0.25) is 19.4 Å². The molecule has 9 heteroatoms. The van der Waals surface area contributed by atoms with Crippen molar-refractivity contribution in [3.8, 4) is 5.75 Å². The summed E-state index contributed by atoms with van der Waals surface area (Å²) in [5.74, 6) is -0.621. The molecule has 142 valence electrons. The highest BCUT2D eigenvalue weighted by atomic mass is 16.5. The van der Waals surface area contributed by atoms with E-state index < -0.39 is 23.4 Å². The van der Waals surface area contributed by atoms with Crippen molar-refractivity contribution in [2.45, 2.75) is 12.5 Å². The number of nitrogens with zero attached hydrogens (tertiary/aromatic N) is 3. The van der Waals surface area contributed by atoms with Gasteiger partial charge >= 0.3 is 6.03 Å². The number of fused-ring (bicyclic) bond motifs is 1. The Hall–Kier alpha value is -3.88. The van der Waals surface area contributed by atoms with Gasteiger partial charge in [0.1, 0.15) is 22.6 Å². The molecule has 4 rings (SSSR count). The summed E-state index contributed by atoms with van der Waals surface area (Å²) in [4.78, 5) is 42.1. The monoisotopic (exact) mass is 379 g/mol. The minimum atomic E-state index is -1.27. The van der Waals surface area contributed by atoms with Crippen molar-refractivity contribution in [1.29, 1.82) is 0 Å². The summed E-state index contributed by atoms with van der Waals surface area (Å²) in [6.45, 7) is 1.59. The lowest BCUT2D eigenvalue weighted by Crippen LogP contribution is -2.48. The number of hydrogen-bond donors (Lipinski definition) is 2. The van der Waals surface area contributed by atoms with Gasteiger partial charge in [-0.1, -0.05) is 30.3 Å². The summed E-state index contributed by atoms with van der Waals surface area (Å²) in [7, 11) is 1.53. The summed E-state index contributed by atoms with van der Waals surface area (Å²) in [5, 5.41) is 3.33. The molecule has 0 aliphatic carbocycles. The first kappa shape index (κ1) is 17.5. The first-order valence-corrected chi connectivity index (χ1v) is 8.48. The van der Waals surface area contributed by atoms with Crippen molar-refractivity contribution in [1.82, 2.24) is 25.1 Å². The van der Waals surface area contributed by atoms with Gasteiger partial charge in [0.15, 0.2) is 0 Å². The van der Waals surface area contributed by atoms with Gasteiger partial charge in [-0.2, -0.15) is 5.01 Å². The number of carbonyl (C=O) groups is 3. The molecule has 1 saturated heterocycles. The first-order valence-electron chi connectivity index (χ1n) is 8.48. The zero-order valence-electron chi connectivity index (χ0n) is 15.2. The third kappa shape index (κ3) is 2.64. The van der Waals surface area contributed by atoms with Gasteiger partial charge in [0.05, 0.1) is 13.3 Å². The maximum absolute atomic E-state index is 12.9. The van der Waals surface area contributed by atoms with Crippen LogP contribution in [0, 0.1) is 0 Å². The molecule has 2 aromatic heterocycles. The Bertz CT molecular complexity index is 1090. The highest BCUT2D eigenvalue weighted by Crippen LogP contribution is 2.27. The lowest BCUT2D eigenvalue weighted by atomic mass is 9.92. The summed E-state index contributed by atoms with van der Waals surface area (Å²) in [5.41, 5.74) is 2.39. The summed E-state index contributed by atoms with van der Waals surface area (Å²) < 4.78 is 6.67. The highest BCUT2D eigenvalue weighted by Gasteiger charge is 2.50. The number of methoxy groups -OCH3 is 1. The number of hydrogen-bond acceptors (Lipinski definition) is 5. The molecule has 3 heterocycles. The molecule has 0 radical (unpaired) electrons. The topological polar surface area (TPSA) is 105 Å². The van der Waals surface area contributed by atoms with Crippen LogP contribution in [0.2, 0.25) is 0 Å². The number of pyridine rings is 1. The summed E-state index contributed by atoms with van der Waals surface area (Å²) >= 11 is 0. The van der Waals surface area contributed by atoms with Crippen molar-refractivity contribution in [3.05, 3.63) is 66.1 Å². The second-order valence-corrected chi connectivity index (χ2v) is 6.44. The van der Waals surface area contributed by atoms with Crippen molar-refractivity contribution in [3.63, 3.8) is 0 Å². The van der Waals surface area contributed by atoms with Crippen LogP contribution in [0.3, 0.4) is 0 Å². The van der Waals surface area contributed by atoms with Crippen molar-refractivity contribution >= 4 is 23.5 Å². The molecule has 9 nitrogen and oxygen atoms in total. The van der Waals surface area contributed by atoms with Crippen LogP contribution in [0.1, 0.15) is 23.0 Å². The van der Waals surface area contributed by atoms with E-state index in [1.54, 1.807) is 49.5 Å². The van der Waals surface area contributed by atoms with Gasteiger partial charge in [0.2, 0.25) is 0 Å². The molecule has 0 saturated carbocycles. The minimum Gasteiger partial charge on any atom is -0.497 e. The fourth-order valence-electron chi connectivity index (χ4n) is 3.12. The van der Waals surface area contributed by atoms with Crippen molar-refractivity contribution in [2.24, 2.45) is 0 Å². The Balaban J connectivity index is 1.60. The van der Waals surface area contributed by atoms with E-state index in [0.29, 0.717) is 22.0 Å². The second kappa shape index (κ2) is 6.38. The molecular weight excluding hydrogens is 362 g/mol. The Labute approximate surface area is 159 Å². The number of imide groups is 1. The first-order chi connectivity index (χ1) is 13.4. The van der Waals surface area contributed by atoms with Gasteiger partial charge < -0.3 is 10.1 Å². The van der Waals surface area contributed by atoms with Gasteiger partial charge in [-0.15, -0.1) is 0 Å². The number of urea groups is 1. The van der Waals surface area contributed by atoms with Gasteiger partial charge in [-0.05, 0) is 18.6 Å². The number of nitrogens with one attached hydrogen (secondary N) is 2. The molecule has 0 spiro atoms. The second-order valence-electron chi connectivity index (χ2n) is 6.44. The van der Waals surface area contributed by atoms with Crippen LogP contribution in [0.15, 0.2) is 54.9 Å². The molecule has 1 atom stereocenters. The van der Waals surface area contributed by atoms with E-state index in [9.17, 15) is 14.4 Å². The smallest absolute Gasteiger partial charge is 0.344 e. The van der Waals surface area contributed by atoms with E-state index in [4.69, 9.17) is 4.74 Å². The van der Waals surface area contributed by atoms with E-state index in [1.165, 1.54) is 17.7 Å². The van der Waals surface area contributed by atoms with E-state index in [2.05, 4.69) is 15.7 Å². The number of amides is 4. The van der Waals surface area contributed by atoms with E-state index in [1.807, 2.05) is 6.07 Å². The van der Waals surface area contributed by atoms with Crippen LogP contribution in [-0.2, 0) is 10.3 Å². The quantitative estimate of drug-likeness (QED) is 0.668. The number of imidazole rings is 1. The zero-order valence-corrected chi connectivity index (χ0v) is 15.2. The lowest BCUT2D eigenvalue weighted by molar-refractivity contribution is -0.132. The Morgan fingerprint density at radius 2 is 1.96 bits per heavy atom. The maximum atomic E-state index is 12.9. The molecule has 3 aromatic rings. The molecule has 1 unspecified atom stereocenters. The normalized spacial score (nSPS) is 19.0. The molecule has 1 aromatic carbocycles. The van der Waals surface area contributed by atoms with Crippen LogP contribution in [-0.4, -0.2) is 39.3 Å². The molecule has 1 aliphatic heterocycles. The number of rotatable bonds is 4.